The third-order valence-electron chi connectivity index (χ3n) is 2.50. The number of hydrogen-bond donors (Lipinski definition) is 1. The number of rotatable bonds is 1. The number of benzene rings is 1. The topological polar surface area (TPSA) is 29.5 Å². The maximum Gasteiger partial charge on any atom is 0.101 e. The van der Waals surface area contributed by atoms with E-state index >= 15 is 0 Å². The van der Waals surface area contributed by atoms with E-state index in [0.717, 1.165) is 11.1 Å². The van der Waals surface area contributed by atoms with E-state index in [2.05, 4.69) is 0 Å². The quantitative estimate of drug-likeness (QED) is 0.687. The minimum atomic E-state index is -0.435. The van der Waals surface area contributed by atoms with Gasteiger partial charge in [-0.15, -0.1) is 0 Å². The molecule has 0 aromatic heterocycles. The molecule has 0 saturated heterocycles. The monoisotopic (exact) mass is 190 g/mol. The lowest BCUT2D eigenvalue weighted by Gasteiger charge is -2.24. The highest BCUT2D eigenvalue weighted by molar-refractivity contribution is 5.25. The van der Waals surface area contributed by atoms with Crippen LogP contribution in [-0.2, 0) is 4.74 Å². The predicted octanol–water partition coefficient (Wildman–Crippen LogP) is 2.07. The molecular formula is C12H14O2. The summed E-state index contributed by atoms with van der Waals surface area (Å²) >= 11 is 0. The summed E-state index contributed by atoms with van der Waals surface area (Å²) in [6.45, 7) is 2.32. The molecule has 14 heavy (non-hydrogen) atoms. The molecule has 0 unspecified atom stereocenters. The molecule has 1 heterocycles. The maximum absolute atomic E-state index is 9.45. The Labute approximate surface area is 83.8 Å². The number of aliphatic hydroxyl groups is 1. The molecule has 0 radical (unpaired) electrons. The van der Waals surface area contributed by atoms with E-state index in [1.54, 1.807) is 0 Å². The number of hydrogen-bond acceptors (Lipinski definition) is 2. The standard InChI is InChI=1S/C12H14O2/c1-9-7-12(14-8-11(9)13)10-5-3-2-4-6-10/h2-7,11-13H,8H2,1H3/t11-,12-/m1/s1. The van der Waals surface area contributed by atoms with Crippen LogP contribution in [0.2, 0.25) is 0 Å². The van der Waals surface area contributed by atoms with Crippen LogP contribution in [0.5, 0.6) is 0 Å². The summed E-state index contributed by atoms with van der Waals surface area (Å²) in [6.07, 6.45) is 1.54. The van der Waals surface area contributed by atoms with Crippen LogP contribution in [0.4, 0.5) is 0 Å². The lowest BCUT2D eigenvalue weighted by atomic mass is 10.0. The van der Waals surface area contributed by atoms with Crippen molar-refractivity contribution in [2.45, 2.75) is 19.1 Å². The summed E-state index contributed by atoms with van der Waals surface area (Å²) in [6, 6.07) is 10.0. The van der Waals surface area contributed by atoms with Gasteiger partial charge in [0.2, 0.25) is 0 Å². The third-order valence-corrected chi connectivity index (χ3v) is 2.50. The van der Waals surface area contributed by atoms with Crippen molar-refractivity contribution in [2.75, 3.05) is 6.61 Å². The van der Waals surface area contributed by atoms with Gasteiger partial charge in [0.05, 0.1) is 12.7 Å². The fraction of sp³-hybridized carbons (Fsp3) is 0.333. The summed E-state index contributed by atoms with van der Waals surface area (Å²) in [7, 11) is 0. The number of aliphatic hydroxyl groups excluding tert-OH is 1. The fourth-order valence-corrected chi connectivity index (χ4v) is 1.56. The average molecular weight is 190 g/mol. The van der Waals surface area contributed by atoms with Crippen LogP contribution in [0.3, 0.4) is 0 Å². The molecule has 2 heteroatoms. The van der Waals surface area contributed by atoms with Gasteiger partial charge in [-0.2, -0.15) is 0 Å². The van der Waals surface area contributed by atoms with Gasteiger partial charge >= 0.3 is 0 Å². The second-order valence-corrected chi connectivity index (χ2v) is 3.59. The molecule has 74 valence electrons. The van der Waals surface area contributed by atoms with Gasteiger partial charge in [-0.3, -0.25) is 0 Å². The molecule has 0 bridgehead atoms. The Morgan fingerprint density at radius 3 is 2.64 bits per heavy atom. The molecule has 1 aromatic rings. The van der Waals surface area contributed by atoms with Gasteiger partial charge in [0.25, 0.3) is 0 Å². The zero-order valence-corrected chi connectivity index (χ0v) is 8.18. The van der Waals surface area contributed by atoms with Crippen LogP contribution in [-0.4, -0.2) is 17.8 Å². The molecule has 0 amide bonds. The fourth-order valence-electron chi connectivity index (χ4n) is 1.56. The average Bonchev–Trinajstić information content (AvgIpc) is 2.23. The Kier molecular flexibility index (Phi) is 2.66. The Bertz CT molecular complexity index is 329. The minimum Gasteiger partial charge on any atom is -0.386 e. The SMILES string of the molecule is CC1=C[C@H](c2ccccc2)OC[C@H]1O. The van der Waals surface area contributed by atoms with E-state index in [4.69, 9.17) is 4.74 Å². The van der Waals surface area contributed by atoms with Crippen LogP contribution in [0.1, 0.15) is 18.6 Å². The zero-order chi connectivity index (χ0) is 9.97. The van der Waals surface area contributed by atoms with Crippen molar-refractivity contribution in [1.29, 1.82) is 0 Å². The molecule has 0 spiro atoms. The van der Waals surface area contributed by atoms with E-state index in [1.807, 2.05) is 43.3 Å². The Hall–Kier alpha value is -1.12. The van der Waals surface area contributed by atoms with Gasteiger partial charge < -0.3 is 9.84 Å². The predicted molar refractivity (Wildman–Crippen MR) is 54.9 cm³/mol. The first-order valence-electron chi connectivity index (χ1n) is 4.80. The first-order chi connectivity index (χ1) is 6.77. The lowest BCUT2D eigenvalue weighted by Crippen LogP contribution is -2.23. The maximum atomic E-state index is 9.45. The second-order valence-electron chi connectivity index (χ2n) is 3.59. The van der Waals surface area contributed by atoms with Crippen molar-refractivity contribution in [3.63, 3.8) is 0 Å². The van der Waals surface area contributed by atoms with Gasteiger partial charge in [-0.1, -0.05) is 30.3 Å². The number of ether oxygens (including phenoxy) is 1. The van der Waals surface area contributed by atoms with E-state index in [1.165, 1.54) is 0 Å². The van der Waals surface area contributed by atoms with E-state index in [9.17, 15) is 5.11 Å². The molecular weight excluding hydrogens is 176 g/mol. The summed E-state index contributed by atoms with van der Waals surface area (Å²) in [4.78, 5) is 0. The largest absolute Gasteiger partial charge is 0.386 e. The van der Waals surface area contributed by atoms with Crippen molar-refractivity contribution >= 4 is 0 Å². The Morgan fingerprint density at radius 2 is 2.00 bits per heavy atom. The van der Waals surface area contributed by atoms with Crippen LogP contribution in [0, 0.1) is 0 Å². The van der Waals surface area contributed by atoms with Gasteiger partial charge in [0.15, 0.2) is 0 Å². The highest BCUT2D eigenvalue weighted by Gasteiger charge is 2.19. The molecule has 1 N–H and O–H groups in total. The molecule has 1 aliphatic heterocycles. The second kappa shape index (κ2) is 3.95. The molecule has 2 rings (SSSR count). The molecule has 1 aliphatic rings. The molecule has 2 nitrogen and oxygen atoms in total. The molecule has 2 atom stereocenters. The van der Waals surface area contributed by atoms with E-state index < -0.39 is 6.10 Å². The van der Waals surface area contributed by atoms with E-state index in [-0.39, 0.29) is 6.10 Å². The van der Waals surface area contributed by atoms with Crippen molar-refractivity contribution in [3.8, 4) is 0 Å². The summed E-state index contributed by atoms with van der Waals surface area (Å²) in [5.41, 5.74) is 2.13. The highest BCUT2D eigenvalue weighted by Crippen LogP contribution is 2.25. The first-order valence-corrected chi connectivity index (χ1v) is 4.80. The van der Waals surface area contributed by atoms with Crippen molar-refractivity contribution < 1.29 is 9.84 Å². The molecule has 1 aromatic carbocycles. The first kappa shape index (κ1) is 9.44. The normalized spacial score (nSPS) is 27.1. The van der Waals surface area contributed by atoms with Crippen LogP contribution >= 0.6 is 0 Å². The van der Waals surface area contributed by atoms with Crippen LogP contribution < -0.4 is 0 Å². The Balaban J connectivity index is 2.22. The molecule has 0 saturated carbocycles. The van der Waals surface area contributed by atoms with E-state index in [0.29, 0.717) is 6.61 Å². The van der Waals surface area contributed by atoms with Crippen molar-refractivity contribution in [3.05, 3.63) is 47.5 Å². The third kappa shape index (κ3) is 1.86. The van der Waals surface area contributed by atoms with Crippen LogP contribution in [0.25, 0.3) is 0 Å². The summed E-state index contributed by atoms with van der Waals surface area (Å²) < 4.78 is 5.52. The molecule has 0 aliphatic carbocycles. The summed E-state index contributed by atoms with van der Waals surface area (Å²) in [5.74, 6) is 0. The smallest absolute Gasteiger partial charge is 0.101 e. The van der Waals surface area contributed by atoms with Crippen molar-refractivity contribution in [2.24, 2.45) is 0 Å². The minimum absolute atomic E-state index is 0.000370. The van der Waals surface area contributed by atoms with Crippen molar-refractivity contribution in [1.82, 2.24) is 0 Å². The van der Waals surface area contributed by atoms with Gasteiger partial charge in [0.1, 0.15) is 6.10 Å². The molecule has 0 fully saturated rings. The zero-order valence-electron chi connectivity index (χ0n) is 8.18. The van der Waals surface area contributed by atoms with Crippen LogP contribution in [0.15, 0.2) is 42.0 Å². The summed E-state index contributed by atoms with van der Waals surface area (Å²) in [5, 5.41) is 9.45. The van der Waals surface area contributed by atoms with Gasteiger partial charge in [0, 0.05) is 0 Å². The highest BCUT2D eigenvalue weighted by atomic mass is 16.5. The van der Waals surface area contributed by atoms with Gasteiger partial charge in [-0.25, -0.2) is 0 Å². The Morgan fingerprint density at radius 1 is 1.29 bits per heavy atom. The van der Waals surface area contributed by atoms with Gasteiger partial charge in [-0.05, 0) is 24.1 Å². The lowest BCUT2D eigenvalue weighted by molar-refractivity contribution is 0.00820.